The molecule has 25 heavy (non-hydrogen) atoms. The van der Waals surface area contributed by atoms with Crippen LogP contribution in [0.2, 0.25) is 0 Å². The van der Waals surface area contributed by atoms with E-state index in [4.69, 9.17) is 0 Å². The molecule has 126 valence electrons. The Labute approximate surface area is 146 Å². The van der Waals surface area contributed by atoms with E-state index in [2.05, 4.69) is 15.8 Å². The summed E-state index contributed by atoms with van der Waals surface area (Å²) in [6.45, 7) is 0. The van der Waals surface area contributed by atoms with Crippen molar-refractivity contribution in [2.45, 2.75) is 19.3 Å². The fraction of sp³-hybridized carbons (Fsp3) is 0.250. The van der Waals surface area contributed by atoms with E-state index in [-0.39, 0.29) is 0 Å². The minimum atomic E-state index is 0.576. The molecule has 0 saturated carbocycles. The lowest BCUT2D eigenvalue weighted by Gasteiger charge is -2.13. The number of imidazole rings is 1. The number of benzene rings is 1. The maximum absolute atomic E-state index is 11.7. The molecule has 0 unspecified atom stereocenters. The molecule has 5 nitrogen and oxygen atoms in total. The van der Waals surface area contributed by atoms with Gasteiger partial charge in [-0.25, -0.2) is 4.98 Å². The van der Waals surface area contributed by atoms with Crippen molar-refractivity contribution in [2.24, 2.45) is 0 Å². The summed E-state index contributed by atoms with van der Waals surface area (Å²) in [4.78, 5) is 15.8. The average Bonchev–Trinajstić information content (AvgIpc) is 3.28. The minimum absolute atomic E-state index is 0.576. The molecule has 0 radical (unpaired) electrons. The summed E-state index contributed by atoms with van der Waals surface area (Å²) < 4.78 is 6.16. The molecule has 0 bridgehead atoms. The number of nitriles is 1. The Hall–Kier alpha value is -2.97. The minimum Gasteiger partial charge on any atom is -0.388 e. The number of nitrogens with zero attached hydrogens (tertiary/aromatic N) is 3. The molecule has 0 N–H and O–H groups in total. The number of aromatic nitrogens is 2. The number of ether oxygens (including phenoxy) is 1. The molecular formula is C20H19N3O2. The number of methoxy groups -OCH3 is 1. The van der Waals surface area contributed by atoms with Crippen molar-refractivity contribution in [2.75, 3.05) is 14.2 Å². The number of hydrogen-bond acceptors (Lipinski definition) is 4. The quantitative estimate of drug-likeness (QED) is 0.674. The lowest BCUT2D eigenvalue weighted by molar-refractivity contribution is 0.112. The first kappa shape index (κ1) is 16.9. The summed E-state index contributed by atoms with van der Waals surface area (Å²) in [5.41, 5.74) is 6.09. The number of carbonyl (C=O) groups excluding carboxylic acids is 1. The highest BCUT2D eigenvalue weighted by molar-refractivity contribution is 5.93. The summed E-state index contributed by atoms with van der Waals surface area (Å²) in [6, 6.07) is 8.11. The molecule has 3 aromatic rings. The standard InChI is InChI=1S/C18H13N3O.C2H6O/c19-8-14-6-12-2-1-3-16(12)17(10-22)18(14)13-4-5-21-11-20-9-15(21)7-13;1-3-2/h4-7,9-11H,1-3H2;1-2H3. The second-order valence-corrected chi connectivity index (χ2v) is 5.98. The molecule has 0 amide bonds. The number of rotatable bonds is 2. The Morgan fingerprint density at radius 2 is 2.12 bits per heavy atom. The summed E-state index contributed by atoms with van der Waals surface area (Å²) in [7, 11) is 3.25. The normalized spacial score (nSPS) is 12.2. The van der Waals surface area contributed by atoms with Crippen molar-refractivity contribution in [1.29, 1.82) is 5.26 Å². The van der Waals surface area contributed by atoms with Crippen molar-refractivity contribution in [1.82, 2.24) is 9.38 Å². The van der Waals surface area contributed by atoms with Crippen LogP contribution in [0.5, 0.6) is 0 Å². The number of pyridine rings is 1. The first-order valence-electron chi connectivity index (χ1n) is 8.09. The van der Waals surface area contributed by atoms with Gasteiger partial charge in [0.05, 0.1) is 29.7 Å². The highest BCUT2D eigenvalue weighted by atomic mass is 16.4. The highest BCUT2D eigenvalue weighted by Gasteiger charge is 2.22. The van der Waals surface area contributed by atoms with Gasteiger partial charge >= 0.3 is 0 Å². The molecule has 1 aromatic carbocycles. The van der Waals surface area contributed by atoms with E-state index in [0.717, 1.165) is 53.3 Å². The summed E-state index contributed by atoms with van der Waals surface area (Å²) >= 11 is 0. The molecule has 2 aromatic heterocycles. The predicted molar refractivity (Wildman–Crippen MR) is 95.7 cm³/mol. The molecule has 0 spiro atoms. The molecule has 0 fully saturated rings. The maximum Gasteiger partial charge on any atom is 0.151 e. The van der Waals surface area contributed by atoms with E-state index < -0.39 is 0 Å². The zero-order chi connectivity index (χ0) is 17.8. The molecule has 5 heteroatoms. The van der Waals surface area contributed by atoms with Crippen LogP contribution in [0.4, 0.5) is 0 Å². The second kappa shape index (κ2) is 7.29. The van der Waals surface area contributed by atoms with E-state index in [1.807, 2.05) is 28.8 Å². The molecular weight excluding hydrogens is 314 g/mol. The third-order valence-corrected chi connectivity index (χ3v) is 4.38. The van der Waals surface area contributed by atoms with Gasteiger partial charge in [0.2, 0.25) is 0 Å². The van der Waals surface area contributed by atoms with Gasteiger partial charge in [0.1, 0.15) is 0 Å². The first-order valence-corrected chi connectivity index (χ1v) is 8.09. The Morgan fingerprint density at radius 1 is 1.32 bits per heavy atom. The summed E-state index contributed by atoms with van der Waals surface area (Å²) in [6.07, 6.45) is 9.22. The molecule has 1 aliphatic carbocycles. The molecule has 0 atom stereocenters. The van der Waals surface area contributed by atoms with Crippen molar-refractivity contribution in [3.05, 3.63) is 59.2 Å². The van der Waals surface area contributed by atoms with Gasteiger partial charge in [-0.15, -0.1) is 0 Å². The zero-order valence-electron chi connectivity index (χ0n) is 14.3. The molecule has 4 rings (SSSR count). The monoisotopic (exact) mass is 333 g/mol. The van der Waals surface area contributed by atoms with Crippen LogP contribution in [0.3, 0.4) is 0 Å². The topological polar surface area (TPSA) is 67.4 Å². The number of carbonyl (C=O) groups is 1. The van der Waals surface area contributed by atoms with Gasteiger partial charge in [0.15, 0.2) is 6.29 Å². The fourth-order valence-electron chi connectivity index (χ4n) is 3.38. The molecule has 0 saturated heterocycles. The van der Waals surface area contributed by atoms with E-state index in [9.17, 15) is 10.1 Å². The van der Waals surface area contributed by atoms with Gasteiger partial charge < -0.3 is 9.14 Å². The number of aryl methyl sites for hydroxylation is 1. The lowest BCUT2D eigenvalue weighted by Crippen LogP contribution is -2.00. The molecule has 1 aliphatic rings. The largest absolute Gasteiger partial charge is 0.388 e. The van der Waals surface area contributed by atoms with Gasteiger partial charge in [-0.1, -0.05) is 0 Å². The Kier molecular flexibility index (Phi) is 4.92. The summed E-state index contributed by atoms with van der Waals surface area (Å²) in [5, 5.41) is 9.52. The smallest absolute Gasteiger partial charge is 0.151 e. The van der Waals surface area contributed by atoms with Gasteiger partial charge in [-0.05, 0) is 54.2 Å². The number of aldehydes is 1. The predicted octanol–water partition coefficient (Wildman–Crippen LogP) is 3.44. The lowest BCUT2D eigenvalue weighted by atomic mass is 9.90. The van der Waals surface area contributed by atoms with Crippen LogP contribution in [-0.4, -0.2) is 29.9 Å². The van der Waals surface area contributed by atoms with Crippen LogP contribution in [0.15, 0.2) is 36.9 Å². The SMILES string of the molecule is COC.N#Cc1cc2c(c(C=O)c1-c1ccn3cncc3c1)CCC2. The maximum atomic E-state index is 11.7. The van der Waals surface area contributed by atoms with Gasteiger partial charge in [0, 0.05) is 31.5 Å². The van der Waals surface area contributed by atoms with Crippen molar-refractivity contribution < 1.29 is 9.53 Å². The Balaban J connectivity index is 0.000000569. The van der Waals surface area contributed by atoms with Crippen LogP contribution in [-0.2, 0) is 17.6 Å². The van der Waals surface area contributed by atoms with Crippen molar-refractivity contribution in [3.63, 3.8) is 0 Å². The molecule has 0 aliphatic heterocycles. The average molecular weight is 333 g/mol. The van der Waals surface area contributed by atoms with E-state index >= 15 is 0 Å². The van der Waals surface area contributed by atoms with E-state index in [1.54, 1.807) is 26.7 Å². The molecule has 2 heterocycles. The first-order chi connectivity index (χ1) is 12.2. The van der Waals surface area contributed by atoms with E-state index in [1.165, 1.54) is 0 Å². The number of fused-ring (bicyclic) bond motifs is 2. The third kappa shape index (κ3) is 3.04. The van der Waals surface area contributed by atoms with Crippen molar-refractivity contribution >= 4 is 11.8 Å². The van der Waals surface area contributed by atoms with Crippen LogP contribution in [0.25, 0.3) is 16.6 Å². The zero-order valence-corrected chi connectivity index (χ0v) is 14.3. The Morgan fingerprint density at radius 3 is 2.84 bits per heavy atom. The Bertz CT molecular complexity index is 967. The second-order valence-electron chi connectivity index (χ2n) is 5.98. The van der Waals surface area contributed by atoms with Gasteiger partial charge in [-0.2, -0.15) is 5.26 Å². The van der Waals surface area contributed by atoms with Gasteiger partial charge in [-0.3, -0.25) is 4.79 Å². The fourth-order valence-corrected chi connectivity index (χ4v) is 3.38. The van der Waals surface area contributed by atoms with E-state index in [0.29, 0.717) is 11.1 Å². The van der Waals surface area contributed by atoms with Crippen LogP contribution in [0, 0.1) is 11.3 Å². The van der Waals surface area contributed by atoms with Crippen LogP contribution in [0.1, 0.15) is 33.5 Å². The van der Waals surface area contributed by atoms with Crippen LogP contribution >= 0.6 is 0 Å². The van der Waals surface area contributed by atoms with Gasteiger partial charge in [0.25, 0.3) is 0 Å². The number of hydrogen-bond donors (Lipinski definition) is 0. The van der Waals surface area contributed by atoms with Crippen LogP contribution < -0.4 is 0 Å². The third-order valence-electron chi connectivity index (χ3n) is 4.38. The highest BCUT2D eigenvalue weighted by Crippen LogP contribution is 2.35. The summed E-state index contributed by atoms with van der Waals surface area (Å²) in [5.74, 6) is 0. The van der Waals surface area contributed by atoms with Crippen molar-refractivity contribution in [3.8, 4) is 17.2 Å².